The first-order chi connectivity index (χ1) is 10.5. The van der Waals surface area contributed by atoms with Gasteiger partial charge in [-0.3, -0.25) is 12.2 Å². The number of benzene rings is 1. The van der Waals surface area contributed by atoms with Crippen molar-refractivity contribution in [3.8, 4) is 0 Å². The van der Waals surface area contributed by atoms with Crippen LogP contribution in [0.15, 0.2) is 58.3 Å². The van der Waals surface area contributed by atoms with Crippen LogP contribution >= 0.6 is 0 Å². The van der Waals surface area contributed by atoms with Crippen molar-refractivity contribution in [2.75, 3.05) is 0 Å². The average molecular weight is 469 g/mol. The van der Waals surface area contributed by atoms with Gasteiger partial charge in [0.1, 0.15) is 0 Å². The Bertz CT molecular complexity index is 655. The third kappa shape index (κ3) is 8.39. The fraction of sp³-hybridized carbons (Fsp3) is 0.333. The van der Waals surface area contributed by atoms with Gasteiger partial charge in [0, 0.05) is 9.52 Å². The molecule has 1 unspecified atom stereocenters. The summed E-state index contributed by atoms with van der Waals surface area (Å²) in [5.74, 6) is 0.560. The molecule has 0 aliphatic heterocycles. The summed E-state index contributed by atoms with van der Waals surface area (Å²) in [4.78, 5) is 0. The van der Waals surface area contributed by atoms with Crippen molar-refractivity contribution in [2.24, 2.45) is 5.92 Å². The Morgan fingerprint density at radius 1 is 1.00 bits per heavy atom. The summed E-state index contributed by atoms with van der Waals surface area (Å²) in [6, 6.07) is 8.90. The van der Waals surface area contributed by atoms with Crippen molar-refractivity contribution in [3.05, 3.63) is 76.0 Å². The Hall–Kier alpha value is -0.140. The molecule has 0 radical (unpaired) electrons. The van der Waals surface area contributed by atoms with Gasteiger partial charge < -0.3 is 24.8 Å². The van der Waals surface area contributed by atoms with Crippen LogP contribution in [0.5, 0.6) is 0 Å². The summed E-state index contributed by atoms with van der Waals surface area (Å²) >= 11 is 0. The molecule has 0 spiro atoms. The Labute approximate surface area is 187 Å². The van der Waals surface area contributed by atoms with Gasteiger partial charge in [0.2, 0.25) is 0 Å². The van der Waals surface area contributed by atoms with Gasteiger partial charge in [0.05, 0.1) is 0 Å². The molecule has 0 bridgehead atoms. The molecule has 0 saturated heterocycles. The molecule has 2 aliphatic rings. The third-order valence-corrected chi connectivity index (χ3v) is 6.26. The molecule has 132 valence electrons. The van der Waals surface area contributed by atoms with Crippen molar-refractivity contribution in [1.29, 1.82) is 0 Å². The fourth-order valence-electron chi connectivity index (χ4n) is 2.66. The molecule has 0 fully saturated rings. The predicted molar refractivity (Wildman–Crippen MR) is 99.8 cm³/mol. The first-order valence-corrected chi connectivity index (χ1v) is 9.48. The van der Waals surface area contributed by atoms with Crippen LogP contribution in [0.3, 0.4) is 0 Å². The van der Waals surface area contributed by atoms with E-state index in [0.29, 0.717) is 5.92 Å². The van der Waals surface area contributed by atoms with E-state index in [9.17, 15) is 0 Å². The molecule has 0 amide bonds. The van der Waals surface area contributed by atoms with Gasteiger partial charge in [0.15, 0.2) is 0 Å². The van der Waals surface area contributed by atoms with Crippen LogP contribution in [0.4, 0.5) is 0 Å². The van der Waals surface area contributed by atoms with Crippen LogP contribution in [0, 0.1) is 25.0 Å². The summed E-state index contributed by atoms with van der Waals surface area (Å²) in [5.41, 5.74) is 5.59. The van der Waals surface area contributed by atoms with E-state index in [2.05, 4.69) is 83.2 Å². The predicted octanol–water partition coefficient (Wildman–Crippen LogP) is -1.84. The van der Waals surface area contributed by atoms with Gasteiger partial charge in [-0.15, -0.1) is 13.3 Å². The van der Waals surface area contributed by atoms with Crippen molar-refractivity contribution in [2.45, 2.75) is 41.0 Å². The number of rotatable bonds is 2. The van der Waals surface area contributed by atoms with E-state index in [4.69, 9.17) is 0 Å². The first kappa shape index (κ1) is 27.1. The van der Waals surface area contributed by atoms with Gasteiger partial charge in [-0.05, 0) is 6.92 Å². The number of allylic oxidation sites excluding steroid dienone is 8. The Morgan fingerprint density at radius 2 is 1.60 bits per heavy atom. The molecule has 0 nitrogen and oxygen atoms in total. The van der Waals surface area contributed by atoms with Crippen LogP contribution in [0.2, 0.25) is 0 Å². The zero-order valence-corrected chi connectivity index (χ0v) is 21.1. The minimum absolute atomic E-state index is 0. The summed E-state index contributed by atoms with van der Waals surface area (Å²) in [6.07, 6.45) is 12.2. The van der Waals surface area contributed by atoms with E-state index in [0.717, 1.165) is 6.42 Å². The van der Waals surface area contributed by atoms with Crippen LogP contribution in [-0.2, 0) is 26.2 Å². The van der Waals surface area contributed by atoms with Crippen LogP contribution < -0.4 is 30.0 Å². The maximum absolute atomic E-state index is 3.39. The molecule has 1 aromatic rings. The molecule has 0 heterocycles. The largest absolute Gasteiger partial charge is 4.00 e. The topological polar surface area (TPSA) is 0 Å². The molecule has 4 heteroatoms. The minimum atomic E-state index is -0.232. The first-order valence-electron chi connectivity index (χ1n) is 8.07. The van der Waals surface area contributed by atoms with Gasteiger partial charge in [-0.2, -0.15) is 17.2 Å². The zero-order valence-electron chi connectivity index (χ0n) is 15.7. The second kappa shape index (κ2) is 13.1. The quantitative estimate of drug-likeness (QED) is 0.354. The summed E-state index contributed by atoms with van der Waals surface area (Å²) in [6.45, 7) is 10.8. The number of hydrogen-bond donors (Lipinski definition) is 0. The second-order valence-electron chi connectivity index (χ2n) is 6.27. The Kier molecular flexibility index (Phi) is 14.2. The van der Waals surface area contributed by atoms with Crippen LogP contribution in [0.25, 0.3) is 0 Å². The summed E-state index contributed by atoms with van der Waals surface area (Å²) in [5, 5.41) is 2.98. The molecule has 2 aliphatic carbocycles. The number of aryl methyl sites for hydroxylation is 1. The molecular formula is C21H26Cl2SiZr. The van der Waals surface area contributed by atoms with Crippen molar-refractivity contribution < 1.29 is 51.0 Å². The van der Waals surface area contributed by atoms with E-state index < -0.39 is 0 Å². The SMILES string of the molecule is CC1=[C-]C(C)C(C)=C1C.Cc1ccc([SiH2]C2=[C-]CC=C2)cc1.[Cl-].[Cl-].[Zr+4]. The normalized spacial score (nSPS) is 17.9. The average Bonchev–Trinajstić information content (AvgIpc) is 3.08. The number of hydrogen-bond acceptors (Lipinski definition) is 0. The van der Waals surface area contributed by atoms with E-state index in [-0.39, 0.29) is 60.5 Å². The zero-order chi connectivity index (χ0) is 16.1. The smallest absolute Gasteiger partial charge is 1.00 e. The van der Waals surface area contributed by atoms with E-state index >= 15 is 0 Å². The minimum Gasteiger partial charge on any atom is -1.00 e. The van der Waals surface area contributed by atoms with Crippen molar-refractivity contribution in [1.82, 2.24) is 0 Å². The van der Waals surface area contributed by atoms with E-state index in [1.807, 2.05) is 0 Å². The van der Waals surface area contributed by atoms with Gasteiger partial charge in [-0.25, -0.2) is 16.8 Å². The monoisotopic (exact) mass is 466 g/mol. The third-order valence-electron chi connectivity index (χ3n) is 4.52. The summed E-state index contributed by atoms with van der Waals surface area (Å²) in [7, 11) is -0.232. The van der Waals surface area contributed by atoms with Gasteiger partial charge in [0.25, 0.3) is 0 Å². The standard InChI is InChI=1S/C12H13Si.C9H13.2ClH.Zr/c1-10-6-8-12(9-7-10)13-11-4-2-3-5-11;1-6-5-7(2)9(4)8(6)3;;;/h2,4,6-9H,3,13H2,1H3;6H,1-4H3;2*1H;/q2*-1;;;+4/p-2. The summed E-state index contributed by atoms with van der Waals surface area (Å²) < 4.78 is 0. The van der Waals surface area contributed by atoms with E-state index in [1.54, 1.807) is 0 Å². The van der Waals surface area contributed by atoms with Gasteiger partial charge >= 0.3 is 26.2 Å². The molecule has 3 rings (SSSR count). The Balaban J connectivity index is 0. The maximum Gasteiger partial charge on any atom is 4.00 e. The molecule has 1 aromatic carbocycles. The second-order valence-corrected chi connectivity index (χ2v) is 8.20. The molecule has 0 aromatic heterocycles. The number of halogens is 2. The maximum atomic E-state index is 3.39. The molecule has 0 N–H and O–H groups in total. The van der Waals surface area contributed by atoms with Crippen LogP contribution in [0.1, 0.15) is 39.7 Å². The van der Waals surface area contributed by atoms with Crippen LogP contribution in [-0.4, -0.2) is 9.52 Å². The molecular weight excluding hydrogens is 442 g/mol. The van der Waals surface area contributed by atoms with Gasteiger partial charge in [-0.1, -0.05) is 61.7 Å². The fourth-order valence-corrected chi connectivity index (χ4v) is 4.12. The van der Waals surface area contributed by atoms with Crippen molar-refractivity contribution in [3.63, 3.8) is 0 Å². The molecule has 0 saturated carbocycles. The molecule has 1 atom stereocenters. The van der Waals surface area contributed by atoms with E-state index in [1.165, 1.54) is 32.7 Å². The Morgan fingerprint density at radius 3 is 1.96 bits per heavy atom. The van der Waals surface area contributed by atoms with Crippen molar-refractivity contribution >= 4 is 14.7 Å². The molecule has 25 heavy (non-hydrogen) atoms.